The zero-order valence-corrected chi connectivity index (χ0v) is 9.85. The first-order valence-electron chi connectivity index (χ1n) is 4.69. The van der Waals surface area contributed by atoms with Crippen LogP contribution < -0.4 is 0 Å². The normalized spacial score (nSPS) is 12.0. The van der Waals surface area contributed by atoms with Crippen LogP contribution in [0.25, 0.3) is 0 Å². The van der Waals surface area contributed by atoms with Gasteiger partial charge < -0.3 is 9.16 Å². The summed E-state index contributed by atoms with van der Waals surface area (Å²) in [5.74, 6) is 0. The molecular formula is C9H22O2Si. The number of rotatable bonds is 7. The van der Waals surface area contributed by atoms with Gasteiger partial charge in [0.05, 0.1) is 0 Å². The van der Waals surface area contributed by atoms with E-state index in [1.807, 2.05) is 0 Å². The average molecular weight is 190 g/mol. The van der Waals surface area contributed by atoms with Crippen molar-refractivity contribution in [2.45, 2.75) is 38.9 Å². The highest BCUT2D eigenvalue weighted by molar-refractivity contribution is 6.69. The van der Waals surface area contributed by atoms with Gasteiger partial charge in [-0.05, 0) is 38.9 Å². The van der Waals surface area contributed by atoms with E-state index in [9.17, 15) is 0 Å². The third kappa shape index (κ3) is 10.1. The molecule has 0 atom stereocenters. The fraction of sp³-hybridized carbons (Fsp3) is 1.00. The first-order chi connectivity index (χ1) is 5.56. The second kappa shape index (κ2) is 6.63. The Hall–Kier alpha value is 0.137. The van der Waals surface area contributed by atoms with Crippen LogP contribution in [0, 0.1) is 0 Å². The van der Waals surface area contributed by atoms with Crippen LogP contribution in [0.15, 0.2) is 0 Å². The van der Waals surface area contributed by atoms with Gasteiger partial charge in [0, 0.05) is 20.3 Å². The van der Waals surface area contributed by atoms with E-state index >= 15 is 0 Å². The molecule has 0 aromatic heterocycles. The van der Waals surface area contributed by atoms with Gasteiger partial charge in [-0.2, -0.15) is 0 Å². The Balaban J connectivity index is 3.01. The predicted octanol–water partition coefficient (Wildman–Crippen LogP) is 2.65. The smallest absolute Gasteiger partial charge is 0.183 e. The topological polar surface area (TPSA) is 18.5 Å². The fourth-order valence-electron chi connectivity index (χ4n) is 0.904. The van der Waals surface area contributed by atoms with Crippen LogP contribution in [-0.2, 0) is 9.16 Å². The molecule has 0 fully saturated rings. The molecule has 12 heavy (non-hydrogen) atoms. The van der Waals surface area contributed by atoms with E-state index in [0.717, 1.165) is 19.6 Å². The van der Waals surface area contributed by atoms with Crippen LogP contribution in [0.4, 0.5) is 0 Å². The summed E-state index contributed by atoms with van der Waals surface area (Å²) in [6, 6.07) is 0. The lowest BCUT2D eigenvalue weighted by Crippen LogP contribution is -2.25. The molecule has 0 aromatic rings. The molecule has 0 aliphatic heterocycles. The molecule has 0 bridgehead atoms. The van der Waals surface area contributed by atoms with Crippen molar-refractivity contribution in [3.63, 3.8) is 0 Å². The Morgan fingerprint density at radius 2 is 1.50 bits per heavy atom. The third-order valence-electron chi connectivity index (χ3n) is 1.53. The molecule has 0 saturated carbocycles. The molecule has 2 nitrogen and oxygen atoms in total. The maximum atomic E-state index is 5.71. The second-order valence-electron chi connectivity index (χ2n) is 4.01. The van der Waals surface area contributed by atoms with Gasteiger partial charge in [0.15, 0.2) is 8.32 Å². The van der Waals surface area contributed by atoms with Gasteiger partial charge in [-0.25, -0.2) is 0 Å². The molecule has 74 valence electrons. The maximum Gasteiger partial charge on any atom is 0.183 e. The maximum absolute atomic E-state index is 5.71. The van der Waals surface area contributed by atoms with Crippen LogP contribution in [0.2, 0.25) is 19.6 Å². The molecule has 0 rings (SSSR count). The van der Waals surface area contributed by atoms with E-state index in [1.54, 1.807) is 7.11 Å². The Labute approximate surface area is 77.4 Å². The van der Waals surface area contributed by atoms with Crippen LogP contribution in [0.3, 0.4) is 0 Å². The van der Waals surface area contributed by atoms with Crippen molar-refractivity contribution in [2.24, 2.45) is 0 Å². The Kier molecular flexibility index (Phi) is 6.71. The summed E-state index contributed by atoms with van der Waals surface area (Å²) in [6.45, 7) is 8.48. The van der Waals surface area contributed by atoms with Crippen molar-refractivity contribution in [1.29, 1.82) is 0 Å². The summed E-state index contributed by atoms with van der Waals surface area (Å²) in [5.41, 5.74) is 0. The lowest BCUT2D eigenvalue weighted by atomic mass is 10.2. The molecule has 0 unspecified atom stereocenters. The van der Waals surface area contributed by atoms with Gasteiger partial charge in [-0.1, -0.05) is 0 Å². The lowest BCUT2D eigenvalue weighted by Gasteiger charge is -2.16. The number of ether oxygens (including phenoxy) is 1. The summed E-state index contributed by atoms with van der Waals surface area (Å²) in [4.78, 5) is 0. The standard InChI is InChI=1S/C9H22O2Si/c1-10-8-6-5-7-9-11-12(2,3)4/h5-9H2,1-4H3. The van der Waals surface area contributed by atoms with Gasteiger partial charge in [0.1, 0.15) is 0 Å². The molecule has 0 N–H and O–H groups in total. The molecule has 0 spiro atoms. The van der Waals surface area contributed by atoms with E-state index in [1.165, 1.54) is 12.8 Å². The largest absolute Gasteiger partial charge is 0.418 e. The molecule has 0 aliphatic rings. The van der Waals surface area contributed by atoms with Crippen molar-refractivity contribution < 1.29 is 9.16 Å². The van der Waals surface area contributed by atoms with Crippen molar-refractivity contribution in [2.75, 3.05) is 20.3 Å². The molecule has 0 aromatic carbocycles. The molecule has 0 radical (unpaired) electrons. The fourth-order valence-corrected chi connectivity index (χ4v) is 1.66. The zero-order chi connectivity index (χ0) is 9.45. The minimum atomic E-state index is -1.26. The first kappa shape index (κ1) is 12.1. The quantitative estimate of drug-likeness (QED) is 0.454. The molecule has 0 amide bonds. The van der Waals surface area contributed by atoms with Crippen LogP contribution >= 0.6 is 0 Å². The molecular weight excluding hydrogens is 168 g/mol. The van der Waals surface area contributed by atoms with E-state index in [2.05, 4.69) is 19.6 Å². The lowest BCUT2D eigenvalue weighted by molar-refractivity contribution is 0.189. The second-order valence-corrected chi connectivity index (χ2v) is 8.53. The van der Waals surface area contributed by atoms with Gasteiger partial charge in [0.2, 0.25) is 0 Å². The predicted molar refractivity (Wildman–Crippen MR) is 55.0 cm³/mol. The average Bonchev–Trinajstić information content (AvgIpc) is 1.94. The van der Waals surface area contributed by atoms with Crippen molar-refractivity contribution in [3.05, 3.63) is 0 Å². The third-order valence-corrected chi connectivity index (χ3v) is 2.60. The first-order valence-corrected chi connectivity index (χ1v) is 8.10. The summed E-state index contributed by atoms with van der Waals surface area (Å²) < 4.78 is 10.7. The Morgan fingerprint density at radius 3 is 2.00 bits per heavy atom. The number of hydrogen-bond donors (Lipinski definition) is 0. The number of hydrogen-bond acceptors (Lipinski definition) is 2. The minimum Gasteiger partial charge on any atom is -0.418 e. The summed E-state index contributed by atoms with van der Waals surface area (Å²) in [5, 5.41) is 0. The van der Waals surface area contributed by atoms with Crippen LogP contribution in [0.5, 0.6) is 0 Å². The number of methoxy groups -OCH3 is 1. The Morgan fingerprint density at radius 1 is 0.917 bits per heavy atom. The Bertz CT molecular complexity index is 99.2. The van der Waals surface area contributed by atoms with E-state index in [-0.39, 0.29) is 0 Å². The van der Waals surface area contributed by atoms with Crippen LogP contribution in [-0.4, -0.2) is 28.6 Å². The van der Waals surface area contributed by atoms with Gasteiger partial charge in [-0.15, -0.1) is 0 Å². The summed E-state index contributed by atoms with van der Waals surface area (Å²) >= 11 is 0. The summed E-state index contributed by atoms with van der Waals surface area (Å²) in [7, 11) is 0.492. The molecule has 0 heterocycles. The highest BCUT2D eigenvalue weighted by Crippen LogP contribution is 2.04. The van der Waals surface area contributed by atoms with Crippen LogP contribution in [0.1, 0.15) is 19.3 Å². The molecule has 0 saturated heterocycles. The minimum absolute atomic E-state index is 0.882. The van der Waals surface area contributed by atoms with Crippen molar-refractivity contribution in [3.8, 4) is 0 Å². The molecule has 0 aliphatic carbocycles. The zero-order valence-electron chi connectivity index (χ0n) is 8.85. The van der Waals surface area contributed by atoms with E-state index < -0.39 is 8.32 Å². The monoisotopic (exact) mass is 190 g/mol. The highest BCUT2D eigenvalue weighted by Gasteiger charge is 2.12. The highest BCUT2D eigenvalue weighted by atomic mass is 28.4. The molecule has 3 heteroatoms. The van der Waals surface area contributed by atoms with Gasteiger partial charge in [0.25, 0.3) is 0 Å². The van der Waals surface area contributed by atoms with E-state index in [0.29, 0.717) is 0 Å². The van der Waals surface area contributed by atoms with Crippen molar-refractivity contribution in [1.82, 2.24) is 0 Å². The van der Waals surface area contributed by atoms with Gasteiger partial charge in [-0.3, -0.25) is 0 Å². The van der Waals surface area contributed by atoms with Crippen molar-refractivity contribution >= 4 is 8.32 Å². The van der Waals surface area contributed by atoms with E-state index in [4.69, 9.17) is 9.16 Å². The summed E-state index contributed by atoms with van der Waals surface area (Å²) in [6.07, 6.45) is 3.55. The number of unbranched alkanes of at least 4 members (excludes halogenated alkanes) is 2. The SMILES string of the molecule is COCCCCCO[Si](C)(C)C. The van der Waals surface area contributed by atoms with Gasteiger partial charge >= 0.3 is 0 Å².